The minimum absolute atomic E-state index is 0.0587. The van der Waals surface area contributed by atoms with Crippen LogP contribution in [0.3, 0.4) is 0 Å². The van der Waals surface area contributed by atoms with E-state index >= 15 is 0 Å². The van der Waals surface area contributed by atoms with E-state index in [0.717, 1.165) is 5.52 Å². The third-order valence-electron chi connectivity index (χ3n) is 2.04. The van der Waals surface area contributed by atoms with Crippen molar-refractivity contribution >= 4 is 30.3 Å². The number of aromatic amines is 1. The second-order valence-electron chi connectivity index (χ2n) is 4.63. The van der Waals surface area contributed by atoms with Crippen LogP contribution in [0.1, 0.15) is 20.8 Å². The van der Waals surface area contributed by atoms with Crippen molar-refractivity contribution in [1.82, 2.24) is 9.97 Å². The molecule has 1 aromatic carbocycles. The van der Waals surface area contributed by atoms with E-state index in [1.165, 1.54) is 10.8 Å². The summed E-state index contributed by atoms with van der Waals surface area (Å²) in [7, 11) is 0. The monoisotopic (exact) mass is 282 g/mol. The predicted molar refractivity (Wildman–Crippen MR) is 67.5 cm³/mol. The van der Waals surface area contributed by atoms with Crippen molar-refractivity contribution in [2.75, 3.05) is 0 Å². The molecule has 0 aliphatic carbocycles. The molecule has 0 bridgehead atoms. The van der Waals surface area contributed by atoms with Crippen LogP contribution in [0, 0.1) is 0 Å². The third-order valence-corrected chi connectivity index (χ3v) is 4.35. The van der Waals surface area contributed by atoms with Gasteiger partial charge < -0.3 is 0 Å². The Morgan fingerprint density at radius 2 is 2.06 bits per heavy atom. The predicted octanol–water partition coefficient (Wildman–Crippen LogP) is 1.47. The molecule has 0 fully saturated rings. The molecule has 1 N–H and O–H groups in total. The summed E-state index contributed by atoms with van der Waals surface area (Å²) in [6, 6.07) is 5.96. The number of benzene rings is 1. The topological polar surface area (TPSA) is 45.8 Å². The first-order chi connectivity index (χ1) is 7.46. The van der Waals surface area contributed by atoms with E-state index in [1.54, 1.807) is 0 Å². The van der Waals surface area contributed by atoms with Crippen LogP contribution >= 0.6 is 0 Å². The molecule has 0 unspecified atom stereocenters. The Balaban J connectivity index is 2.52. The van der Waals surface area contributed by atoms with Gasteiger partial charge in [0.2, 0.25) is 0 Å². The molecule has 1 aromatic heterocycles. The van der Waals surface area contributed by atoms with Crippen LogP contribution < -0.4 is 10.0 Å². The molecule has 1 heterocycles. The van der Waals surface area contributed by atoms with Crippen molar-refractivity contribution in [2.24, 2.45) is 0 Å². The van der Waals surface area contributed by atoms with Crippen LogP contribution in [-0.4, -0.2) is 24.9 Å². The number of fused-ring (bicyclic) bond motifs is 1. The van der Waals surface area contributed by atoms with Gasteiger partial charge in [0.1, 0.15) is 0 Å². The van der Waals surface area contributed by atoms with Gasteiger partial charge in [0.25, 0.3) is 0 Å². The molecule has 0 amide bonds. The number of nitrogens with zero attached hydrogens (tertiary/aromatic N) is 1. The molecule has 16 heavy (non-hydrogen) atoms. The number of nitrogens with one attached hydrogen (secondary N) is 1. The number of rotatable bonds is 1. The Labute approximate surface area is 100 Å². The Morgan fingerprint density at radius 3 is 2.75 bits per heavy atom. The van der Waals surface area contributed by atoms with Gasteiger partial charge in [-0.15, -0.1) is 0 Å². The van der Waals surface area contributed by atoms with E-state index in [9.17, 15) is 4.79 Å². The standard InChI is InChI=1S/C12H14N2OSe/c1-12(2,3)16-8-4-5-10-9(6-8)11(15)14-7-13-10/h4-7H,1-3H3,(H,13,14,15). The van der Waals surface area contributed by atoms with Gasteiger partial charge in [-0.05, 0) is 0 Å². The normalized spacial score (nSPS) is 11.9. The van der Waals surface area contributed by atoms with E-state index in [2.05, 4.69) is 36.8 Å². The van der Waals surface area contributed by atoms with Gasteiger partial charge in [0, 0.05) is 0 Å². The Hall–Kier alpha value is -1.12. The third kappa shape index (κ3) is 2.52. The number of hydrogen-bond donors (Lipinski definition) is 1. The first-order valence-electron chi connectivity index (χ1n) is 5.12. The first kappa shape index (κ1) is 11.4. The van der Waals surface area contributed by atoms with Crippen LogP contribution in [0.2, 0.25) is 4.31 Å². The van der Waals surface area contributed by atoms with Gasteiger partial charge in [-0.25, -0.2) is 0 Å². The van der Waals surface area contributed by atoms with Crippen LogP contribution in [-0.2, 0) is 0 Å². The summed E-state index contributed by atoms with van der Waals surface area (Å²) in [4.78, 5) is 18.3. The van der Waals surface area contributed by atoms with E-state index in [1.807, 2.05) is 12.1 Å². The summed E-state index contributed by atoms with van der Waals surface area (Å²) < 4.78 is 1.53. The molecule has 0 saturated heterocycles. The van der Waals surface area contributed by atoms with E-state index in [4.69, 9.17) is 0 Å². The van der Waals surface area contributed by atoms with Crippen LogP contribution in [0.5, 0.6) is 0 Å². The Bertz CT molecular complexity index is 569. The fourth-order valence-electron chi connectivity index (χ4n) is 1.46. The summed E-state index contributed by atoms with van der Waals surface area (Å²) in [5, 5.41) is 0.686. The zero-order valence-corrected chi connectivity index (χ0v) is 11.3. The summed E-state index contributed by atoms with van der Waals surface area (Å²) in [5.74, 6) is 0. The van der Waals surface area contributed by atoms with Crippen molar-refractivity contribution in [2.45, 2.75) is 25.1 Å². The number of H-pyrrole nitrogens is 1. The van der Waals surface area contributed by atoms with Crippen LogP contribution in [0.25, 0.3) is 10.9 Å². The van der Waals surface area contributed by atoms with Gasteiger partial charge in [-0.3, -0.25) is 0 Å². The maximum absolute atomic E-state index is 11.6. The summed E-state index contributed by atoms with van der Waals surface area (Å²) >= 11 is 0.365. The Kier molecular flexibility index (Phi) is 2.87. The second kappa shape index (κ2) is 4.04. The summed E-state index contributed by atoms with van der Waals surface area (Å²) in [6.07, 6.45) is 1.44. The molecular weight excluding hydrogens is 267 g/mol. The maximum atomic E-state index is 11.6. The van der Waals surface area contributed by atoms with Crippen molar-refractivity contribution in [3.63, 3.8) is 0 Å². The minimum atomic E-state index is -0.0587. The van der Waals surface area contributed by atoms with Crippen LogP contribution in [0.15, 0.2) is 29.3 Å². The van der Waals surface area contributed by atoms with Crippen molar-refractivity contribution in [3.05, 3.63) is 34.9 Å². The quantitative estimate of drug-likeness (QED) is 0.805. The molecule has 84 valence electrons. The molecule has 0 saturated carbocycles. The average Bonchev–Trinajstić information content (AvgIpc) is 2.17. The van der Waals surface area contributed by atoms with E-state index in [-0.39, 0.29) is 9.87 Å². The van der Waals surface area contributed by atoms with Gasteiger partial charge in [0.05, 0.1) is 0 Å². The fraction of sp³-hybridized carbons (Fsp3) is 0.333. The Morgan fingerprint density at radius 1 is 1.31 bits per heavy atom. The van der Waals surface area contributed by atoms with Crippen molar-refractivity contribution in [1.29, 1.82) is 0 Å². The zero-order chi connectivity index (χ0) is 11.8. The molecule has 4 heteroatoms. The van der Waals surface area contributed by atoms with E-state index in [0.29, 0.717) is 20.3 Å². The molecule has 0 radical (unpaired) electrons. The van der Waals surface area contributed by atoms with Gasteiger partial charge in [-0.2, -0.15) is 0 Å². The SMILES string of the molecule is CC(C)(C)[Se]c1ccc2nc[nH]c(=O)c2c1. The second-order valence-corrected chi connectivity index (χ2v) is 8.61. The van der Waals surface area contributed by atoms with Crippen molar-refractivity contribution < 1.29 is 0 Å². The fourth-order valence-corrected chi connectivity index (χ4v) is 3.60. The number of hydrogen-bond acceptors (Lipinski definition) is 2. The zero-order valence-electron chi connectivity index (χ0n) is 9.57. The number of aromatic nitrogens is 2. The summed E-state index contributed by atoms with van der Waals surface area (Å²) in [6.45, 7) is 6.64. The first-order valence-corrected chi connectivity index (χ1v) is 6.83. The van der Waals surface area contributed by atoms with Gasteiger partial charge >= 0.3 is 100 Å². The van der Waals surface area contributed by atoms with Crippen LogP contribution in [0.4, 0.5) is 0 Å². The molecule has 2 rings (SSSR count). The average molecular weight is 281 g/mol. The molecular formula is C12H14N2OSe. The molecule has 0 spiro atoms. The summed E-state index contributed by atoms with van der Waals surface area (Å²) in [5.41, 5.74) is 0.703. The molecule has 0 atom stereocenters. The molecule has 2 aromatic rings. The van der Waals surface area contributed by atoms with Gasteiger partial charge in [0.15, 0.2) is 0 Å². The van der Waals surface area contributed by atoms with Gasteiger partial charge in [-0.1, -0.05) is 0 Å². The molecule has 3 nitrogen and oxygen atoms in total. The molecule has 0 aliphatic rings. The van der Waals surface area contributed by atoms with Crippen molar-refractivity contribution in [3.8, 4) is 0 Å². The molecule has 0 aliphatic heterocycles. The van der Waals surface area contributed by atoms with E-state index < -0.39 is 0 Å².